The Morgan fingerprint density at radius 3 is 2.89 bits per heavy atom. The van der Waals surface area contributed by atoms with Gasteiger partial charge in [0.2, 0.25) is 5.91 Å². The molecule has 0 radical (unpaired) electrons. The van der Waals surface area contributed by atoms with Crippen LogP contribution in [0.5, 0.6) is 5.75 Å². The molecule has 0 spiro atoms. The van der Waals surface area contributed by atoms with E-state index in [0.29, 0.717) is 36.9 Å². The number of benzene rings is 1. The molecule has 0 saturated carbocycles. The molecular formula is C13H18BrClN2O2. The number of hydrogen-bond donors (Lipinski definition) is 2. The van der Waals surface area contributed by atoms with Crippen molar-refractivity contribution in [2.45, 2.75) is 19.3 Å². The van der Waals surface area contributed by atoms with E-state index in [0.717, 1.165) is 17.3 Å². The predicted molar refractivity (Wildman–Crippen MR) is 80.6 cm³/mol. The van der Waals surface area contributed by atoms with Crippen LogP contribution in [-0.2, 0) is 4.79 Å². The third kappa shape index (κ3) is 6.80. The molecule has 1 aromatic carbocycles. The summed E-state index contributed by atoms with van der Waals surface area (Å²) in [4.78, 5) is 11.5. The normalized spacial score (nSPS) is 10.3. The van der Waals surface area contributed by atoms with E-state index in [2.05, 4.69) is 21.2 Å². The van der Waals surface area contributed by atoms with Crippen LogP contribution in [0.1, 0.15) is 19.3 Å². The summed E-state index contributed by atoms with van der Waals surface area (Å²) in [5.74, 6) is 0.669. The Kier molecular flexibility index (Phi) is 7.86. The van der Waals surface area contributed by atoms with Gasteiger partial charge in [0, 0.05) is 11.6 Å². The Bertz CT molecular complexity index is 416. The zero-order valence-electron chi connectivity index (χ0n) is 10.6. The lowest BCUT2D eigenvalue weighted by Crippen LogP contribution is -2.26. The minimum absolute atomic E-state index is 0.0119. The lowest BCUT2D eigenvalue weighted by atomic mass is 10.3. The van der Waals surface area contributed by atoms with Gasteiger partial charge in [0.15, 0.2) is 0 Å². The molecule has 0 aliphatic rings. The zero-order valence-corrected chi connectivity index (χ0v) is 13.0. The van der Waals surface area contributed by atoms with Crippen LogP contribution in [0, 0.1) is 0 Å². The molecule has 1 amide bonds. The van der Waals surface area contributed by atoms with E-state index in [1.54, 1.807) is 18.2 Å². The first-order valence-electron chi connectivity index (χ1n) is 6.18. The minimum Gasteiger partial charge on any atom is -0.492 e. The maximum Gasteiger partial charge on any atom is 0.223 e. The zero-order chi connectivity index (χ0) is 14.1. The molecule has 19 heavy (non-hydrogen) atoms. The topological polar surface area (TPSA) is 64.3 Å². The van der Waals surface area contributed by atoms with Crippen molar-refractivity contribution in [1.82, 2.24) is 5.32 Å². The van der Waals surface area contributed by atoms with E-state index in [9.17, 15) is 4.79 Å². The molecule has 0 unspecified atom stereocenters. The first kappa shape index (κ1) is 16.3. The van der Waals surface area contributed by atoms with E-state index >= 15 is 0 Å². The quantitative estimate of drug-likeness (QED) is 0.709. The molecule has 0 atom stereocenters. The summed E-state index contributed by atoms with van der Waals surface area (Å²) in [5, 5.41) is 3.46. The molecule has 0 heterocycles. The lowest BCUT2D eigenvalue weighted by Gasteiger charge is -2.08. The van der Waals surface area contributed by atoms with Gasteiger partial charge in [-0.3, -0.25) is 4.79 Å². The summed E-state index contributed by atoms with van der Waals surface area (Å²) in [6.07, 6.45) is 2.16. The molecule has 0 aromatic heterocycles. The van der Waals surface area contributed by atoms with Crippen molar-refractivity contribution in [3.8, 4) is 5.75 Å². The number of carbonyl (C=O) groups excluding carboxylic acids is 1. The summed E-state index contributed by atoms with van der Waals surface area (Å²) in [6.45, 7) is 1.66. The second kappa shape index (κ2) is 9.18. The van der Waals surface area contributed by atoms with E-state index in [-0.39, 0.29) is 5.91 Å². The molecule has 0 aliphatic heterocycles. The standard InChI is InChI=1S/C13H18BrClN2O2/c14-11-9-10(15)3-4-12(11)19-8-5-13(18)17-7-2-1-6-16/h3-4,9H,1-2,5-8,16H2,(H,17,18). The highest BCUT2D eigenvalue weighted by Crippen LogP contribution is 2.27. The molecule has 1 rings (SSSR count). The van der Waals surface area contributed by atoms with Gasteiger partial charge in [-0.1, -0.05) is 11.6 Å². The van der Waals surface area contributed by atoms with E-state index in [4.69, 9.17) is 22.1 Å². The number of hydrogen-bond acceptors (Lipinski definition) is 3. The van der Waals surface area contributed by atoms with E-state index < -0.39 is 0 Å². The van der Waals surface area contributed by atoms with Crippen molar-refractivity contribution in [2.24, 2.45) is 5.73 Å². The van der Waals surface area contributed by atoms with Gasteiger partial charge in [0.1, 0.15) is 5.75 Å². The number of nitrogens with one attached hydrogen (secondary N) is 1. The number of rotatable bonds is 8. The largest absolute Gasteiger partial charge is 0.492 e. The van der Waals surface area contributed by atoms with Gasteiger partial charge in [0.25, 0.3) is 0 Å². The first-order chi connectivity index (χ1) is 9.13. The van der Waals surface area contributed by atoms with Gasteiger partial charge in [0.05, 0.1) is 17.5 Å². The summed E-state index contributed by atoms with van der Waals surface area (Å²) in [5.41, 5.74) is 5.37. The fourth-order valence-electron chi connectivity index (χ4n) is 1.43. The van der Waals surface area contributed by atoms with Crippen LogP contribution >= 0.6 is 27.5 Å². The van der Waals surface area contributed by atoms with Crippen molar-refractivity contribution in [3.05, 3.63) is 27.7 Å². The van der Waals surface area contributed by atoms with E-state index in [1.165, 1.54) is 0 Å². The summed E-state index contributed by atoms with van der Waals surface area (Å²) >= 11 is 9.18. The highest BCUT2D eigenvalue weighted by atomic mass is 79.9. The second-order valence-electron chi connectivity index (χ2n) is 4.02. The minimum atomic E-state index is -0.0119. The van der Waals surface area contributed by atoms with Crippen LogP contribution in [0.15, 0.2) is 22.7 Å². The number of amides is 1. The Morgan fingerprint density at radius 2 is 2.21 bits per heavy atom. The molecule has 0 saturated heterocycles. The van der Waals surface area contributed by atoms with Crippen molar-refractivity contribution in [1.29, 1.82) is 0 Å². The number of ether oxygens (including phenoxy) is 1. The van der Waals surface area contributed by atoms with Crippen LogP contribution in [-0.4, -0.2) is 25.6 Å². The SMILES string of the molecule is NCCCCNC(=O)CCOc1ccc(Cl)cc1Br. The Balaban J connectivity index is 2.20. The van der Waals surface area contributed by atoms with Gasteiger partial charge in [-0.2, -0.15) is 0 Å². The van der Waals surface area contributed by atoms with Crippen LogP contribution in [0.2, 0.25) is 5.02 Å². The Morgan fingerprint density at radius 1 is 1.42 bits per heavy atom. The molecule has 3 N–H and O–H groups in total. The van der Waals surface area contributed by atoms with Gasteiger partial charge in [-0.15, -0.1) is 0 Å². The summed E-state index contributed by atoms with van der Waals surface area (Å²) < 4.78 is 6.28. The van der Waals surface area contributed by atoms with Crippen LogP contribution in [0.3, 0.4) is 0 Å². The number of carbonyl (C=O) groups is 1. The highest BCUT2D eigenvalue weighted by molar-refractivity contribution is 9.10. The molecule has 0 fully saturated rings. The van der Waals surface area contributed by atoms with Crippen molar-refractivity contribution in [2.75, 3.05) is 19.7 Å². The van der Waals surface area contributed by atoms with E-state index in [1.807, 2.05) is 0 Å². The number of nitrogens with two attached hydrogens (primary N) is 1. The molecule has 6 heteroatoms. The molecular weight excluding hydrogens is 332 g/mol. The maximum atomic E-state index is 11.5. The first-order valence-corrected chi connectivity index (χ1v) is 7.35. The molecule has 0 aliphatic carbocycles. The summed E-state index contributed by atoms with van der Waals surface area (Å²) in [6, 6.07) is 5.27. The van der Waals surface area contributed by atoms with Crippen molar-refractivity contribution < 1.29 is 9.53 Å². The maximum absolute atomic E-state index is 11.5. The van der Waals surface area contributed by atoms with Gasteiger partial charge in [-0.25, -0.2) is 0 Å². The molecule has 1 aromatic rings. The fourth-order valence-corrected chi connectivity index (χ4v) is 2.23. The Hall–Kier alpha value is -0.780. The van der Waals surface area contributed by atoms with Gasteiger partial charge < -0.3 is 15.8 Å². The Labute approximate surface area is 126 Å². The number of halogens is 2. The third-order valence-electron chi connectivity index (χ3n) is 2.43. The lowest BCUT2D eigenvalue weighted by molar-refractivity contribution is -0.121. The highest BCUT2D eigenvalue weighted by Gasteiger charge is 2.04. The van der Waals surface area contributed by atoms with Crippen LogP contribution in [0.25, 0.3) is 0 Å². The van der Waals surface area contributed by atoms with Crippen molar-refractivity contribution in [3.63, 3.8) is 0 Å². The van der Waals surface area contributed by atoms with Gasteiger partial charge in [-0.05, 0) is 53.5 Å². The molecule has 106 valence electrons. The molecule has 4 nitrogen and oxygen atoms in total. The summed E-state index contributed by atoms with van der Waals surface area (Å²) in [7, 11) is 0. The van der Waals surface area contributed by atoms with Crippen LogP contribution < -0.4 is 15.8 Å². The third-order valence-corrected chi connectivity index (χ3v) is 3.29. The second-order valence-corrected chi connectivity index (χ2v) is 5.31. The van der Waals surface area contributed by atoms with Gasteiger partial charge >= 0.3 is 0 Å². The van der Waals surface area contributed by atoms with Crippen molar-refractivity contribution >= 4 is 33.4 Å². The average Bonchev–Trinajstić information content (AvgIpc) is 2.37. The predicted octanol–water partition coefficient (Wildman–Crippen LogP) is 2.73. The monoisotopic (exact) mass is 348 g/mol. The number of unbranched alkanes of at least 4 members (excludes halogenated alkanes) is 1. The smallest absolute Gasteiger partial charge is 0.223 e. The average molecular weight is 350 g/mol. The van der Waals surface area contributed by atoms with Crippen LogP contribution in [0.4, 0.5) is 0 Å². The fraction of sp³-hybridized carbons (Fsp3) is 0.462. The molecule has 0 bridgehead atoms.